The zero-order valence-corrected chi connectivity index (χ0v) is 18.3. The van der Waals surface area contributed by atoms with Crippen LogP contribution in [0.25, 0.3) is 0 Å². The van der Waals surface area contributed by atoms with Crippen LogP contribution in [0.4, 0.5) is 18.3 Å². The highest BCUT2D eigenvalue weighted by molar-refractivity contribution is 7.15. The van der Waals surface area contributed by atoms with Gasteiger partial charge in [0.25, 0.3) is 5.91 Å². The molecule has 1 saturated heterocycles. The predicted octanol–water partition coefficient (Wildman–Crippen LogP) is 3.32. The van der Waals surface area contributed by atoms with Crippen molar-refractivity contribution in [2.75, 3.05) is 38.2 Å². The predicted molar refractivity (Wildman–Crippen MR) is 116 cm³/mol. The minimum atomic E-state index is -4.51. The summed E-state index contributed by atoms with van der Waals surface area (Å²) in [5.41, 5.74) is 1.60. The summed E-state index contributed by atoms with van der Waals surface area (Å²) in [5, 5.41) is 6.09. The van der Waals surface area contributed by atoms with Crippen molar-refractivity contribution < 1.29 is 22.7 Å². The van der Waals surface area contributed by atoms with Gasteiger partial charge < -0.3 is 14.5 Å². The van der Waals surface area contributed by atoms with Gasteiger partial charge in [0.15, 0.2) is 0 Å². The van der Waals surface area contributed by atoms with E-state index < -0.39 is 11.2 Å². The highest BCUT2D eigenvalue weighted by Crippen LogP contribution is 2.34. The Morgan fingerprint density at radius 2 is 1.88 bits per heavy atom. The Kier molecular flexibility index (Phi) is 6.46. The molecule has 7 nitrogen and oxygen atoms in total. The number of piperazine rings is 1. The average molecular weight is 473 g/mol. The number of amides is 1. The molecule has 0 bridgehead atoms. The first-order valence-electron chi connectivity index (χ1n) is 9.91. The van der Waals surface area contributed by atoms with Gasteiger partial charge in [-0.3, -0.25) is 4.79 Å². The Balaban J connectivity index is 1.45. The number of pyridine rings is 1. The van der Waals surface area contributed by atoms with Crippen molar-refractivity contribution in [1.29, 1.82) is 0 Å². The fourth-order valence-electron chi connectivity index (χ4n) is 3.25. The van der Waals surface area contributed by atoms with Gasteiger partial charge in [0.1, 0.15) is 11.4 Å². The summed E-state index contributed by atoms with van der Waals surface area (Å²) in [7, 11) is 1.53. The Morgan fingerprint density at radius 3 is 2.52 bits per heavy atom. The molecule has 0 aliphatic carbocycles. The molecule has 1 aromatic carbocycles. The van der Waals surface area contributed by atoms with E-state index in [-0.39, 0.29) is 11.0 Å². The lowest BCUT2D eigenvalue weighted by Gasteiger charge is -2.34. The molecule has 1 fully saturated rings. The van der Waals surface area contributed by atoms with Gasteiger partial charge in [-0.25, -0.2) is 4.98 Å². The van der Waals surface area contributed by atoms with Crippen LogP contribution in [0, 0.1) is 11.8 Å². The summed E-state index contributed by atoms with van der Waals surface area (Å²) in [5.74, 6) is 6.30. The zero-order valence-electron chi connectivity index (χ0n) is 17.5. The molecule has 1 aliphatic heterocycles. The first-order chi connectivity index (χ1) is 15.8. The molecule has 0 radical (unpaired) electrons. The van der Waals surface area contributed by atoms with Crippen LogP contribution in [0.2, 0.25) is 0 Å². The van der Waals surface area contributed by atoms with Crippen molar-refractivity contribution >= 4 is 22.4 Å². The number of ether oxygens (including phenoxy) is 1. The van der Waals surface area contributed by atoms with Crippen LogP contribution >= 0.6 is 11.3 Å². The lowest BCUT2D eigenvalue weighted by atomic mass is 10.1. The smallest absolute Gasteiger partial charge is 0.445 e. The van der Waals surface area contributed by atoms with Crippen LogP contribution in [0.1, 0.15) is 26.6 Å². The maximum atomic E-state index is 13.0. The fourth-order valence-corrected chi connectivity index (χ4v) is 4.01. The van der Waals surface area contributed by atoms with Gasteiger partial charge in [0.2, 0.25) is 10.1 Å². The van der Waals surface area contributed by atoms with Crippen molar-refractivity contribution in [3.8, 4) is 17.6 Å². The van der Waals surface area contributed by atoms with Gasteiger partial charge in [-0.05, 0) is 36.3 Å². The van der Waals surface area contributed by atoms with Crippen LogP contribution in [0.3, 0.4) is 0 Å². The number of methoxy groups -OCH3 is 1. The Morgan fingerprint density at radius 1 is 1.09 bits per heavy atom. The number of aromatic nitrogens is 3. The first-order valence-corrected chi connectivity index (χ1v) is 10.7. The molecule has 0 atom stereocenters. The normalized spacial score (nSPS) is 13.9. The van der Waals surface area contributed by atoms with E-state index >= 15 is 0 Å². The van der Waals surface area contributed by atoms with Crippen LogP contribution < -0.4 is 9.64 Å². The van der Waals surface area contributed by atoms with Crippen LogP contribution in [-0.2, 0) is 6.18 Å². The SMILES string of the molecule is COc1ccc(C(=O)N2CCN(c3nnc(C(F)(F)F)s3)CC2)cc1C#Cc1ccccn1. The molecule has 3 aromatic rings. The summed E-state index contributed by atoms with van der Waals surface area (Å²) < 4.78 is 43.7. The molecule has 4 rings (SSSR count). The molecule has 170 valence electrons. The summed E-state index contributed by atoms with van der Waals surface area (Å²) in [6.45, 7) is 1.42. The van der Waals surface area contributed by atoms with E-state index in [4.69, 9.17) is 4.74 Å². The number of rotatable bonds is 3. The third kappa shape index (κ3) is 5.23. The van der Waals surface area contributed by atoms with E-state index in [1.807, 2.05) is 6.07 Å². The van der Waals surface area contributed by atoms with Crippen LogP contribution in [0.15, 0.2) is 42.6 Å². The summed E-state index contributed by atoms with van der Waals surface area (Å²) in [4.78, 5) is 20.6. The number of hydrogen-bond donors (Lipinski definition) is 0. The maximum absolute atomic E-state index is 13.0. The van der Waals surface area contributed by atoms with Gasteiger partial charge in [-0.2, -0.15) is 13.2 Å². The number of carbonyl (C=O) groups is 1. The molecule has 0 N–H and O–H groups in total. The molecule has 3 heterocycles. The van der Waals surface area contributed by atoms with E-state index in [1.165, 1.54) is 7.11 Å². The number of nitrogens with zero attached hydrogens (tertiary/aromatic N) is 5. The topological polar surface area (TPSA) is 71.5 Å². The minimum Gasteiger partial charge on any atom is -0.495 e. The number of benzene rings is 1. The Hall–Kier alpha value is -3.65. The number of anilines is 1. The number of carbonyl (C=O) groups excluding carboxylic acids is 1. The largest absolute Gasteiger partial charge is 0.495 e. The molecular formula is C22H18F3N5O2S. The molecule has 1 aliphatic rings. The second kappa shape index (κ2) is 9.46. The fraction of sp³-hybridized carbons (Fsp3) is 0.273. The van der Waals surface area contributed by atoms with Gasteiger partial charge in [0.05, 0.1) is 12.7 Å². The molecule has 2 aromatic heterocycles. The summed E-state index contributed by atoms with van der Waals surface area (Å²) in [6, 6.07) is 10.4. The highest BCUT2D eigenvalue weighted by atomic mass is 32.1. The third-order valence-electron chi connectivity index (χ3n) is 4.93. The van der Waals surface area contributed by atoms with E-state index in [2.05, 4.69) is 27.0 Å². The van der Waals surface area contributed by atoms with Crippen molar-refractivity contribution in [2.45, 2.75) is 6.18 Å². The lowest BCUT2D eigenvalue weighted by Crippen LogP contribution is -2.48. The molecule has 1 amide bonds. The van der Waals surface area contributed by atoms with Crippen molar-refractivity contribution in [2.24, 2.45) is 0 Å². The number of halogens is 3. The summed E-state index contributed by atoms with van der Waals surface area (Å²) in [6.07, 6.45) is -2.87. The quantitative estimate of drug-likeness (QED) is 0.544. The monoisotopic (exact) mass is 473 g/mol. The van der Waals surface area contributed by atoms with Crippen LogP contribution in [0.5, 0.6) is 5.75 Å². The maximum Gasteiger partial charge on any atom is 0.445 e. The van der Waals surface area contributed by atoms with Crippen LogP contribution in [-0.4, -0.2) is 59.3 Å². The van der Waals surface area contributed by atoms with Gasteiger partial charge in [-0.15, -0.1) is 10.2 Å². The van der Waals surface area contributed by atoms with E-state index in [0.717, 1.165) is 0 Å². The van der Waals surface area contributed by atoms with Gasteiger partial charge in [-0.1, -0.05) is 23.3 Å². The van der Waals surface area contributed by atoms with E-state index in [9.17, 15) is 18.0 Å². The number of alkyl halides is 3. The second-order valence-corrected chi connectivity index (χ2v) is 8.00. The van der Waals surface area contributed by atoms with E-state index in [0.29, 0.717) is 60.1 Å². The van der Waals surface area contributed by atoms with Crippen molar-refractivity contribution in [1.82, 2.24) is 20.1 Å². The first kappa shape index (κ1) is 22.5. The minimum absolute atomic E-state index is 0.188. The van der Waals surface area contributed by atoms with Crippen molar-refractivity contribution in [3.63, 3.8) is 0 Å². The third-order valence-corrected chi connectivity index (χ3v) is 5.96. The standard InChI is InChI=1S/C22H18F3N5O2S/c1-32-18-8-6-16(14-15(18)5-7-17-4-2-3-9-26-17)19(31)29-10-12-30(13-11-29)21-28-27-20(33-21)22(23,24)25/h2-4,6,8-9,14H,10-13H2,1H3. The molecule has 33 heavy (non-hydrogen) atoms. The number of hydrogen-bond acceptors (Lipinski definition) is 7. The second-order valence-electron chi connectivity index (χ2n) is 7.05. The molecular weight excluding hydrogens is 455 g/mol. The molecule has 0 unspecified atom stereocenters. The Labute approximate surface area is 191 Å². The van der Waals surface area contributed by atoms with Crippen molar-refractivity contribution in [3.05, 3.63) is 64.4 Å². The molecule has 0 saturated carbocycles. The van der Waals surface area contributed by atoms with Gasteiger partial charge in [0, 0.05) is 37.9 Å². The average Bonchev–Trinajstić information content (AvgIpc) is 3.34. The zero-order chi connectivity index (χ0) is 23.4. The highest BCUT2D eigenvalue weighted by Gasteiger charge is 2.36. The Bertz CT molecular complexity index is 1200. The lowest BCUT2D eigenvalue weighted by molar-refractivity contribution is -0.138. The molecule has 0 spiro atoms. The van der Waals surface area contributed by atoms with Gasteiger partial charge >= 0.3 is 6.18 Å². The van der Waals surface area contributed by atoms with E-state index in [1.54, 1.807) is 46.3 Å². The molecule has 11 heteroatoms. The summed E-state index contributed by atoms with van der Waals surface area (Å²) >= 11 is 0.503.